The third-order valence-corrected chi connectivity index (χ3v) is 4.89. The number of fused-ring (bicyclic) bond motifs is 1. The first-order valence-corrected chi connectivity index (χ1v) is 9.25. The molecule has 0 bridgehead atoms. The molecule has 0 saturated carbocycles. The maximum atomic E-state index is 13.9. The number of hydrogen-bond acceptors (Lipinski definition) is 6. The summed E-state index contributed by atoms with van der Waals surface area (Å²) < 4.78 is 32.7. The number of nitrogens with zero attached hydrogens (tertiary/aromatic N) is 3. The molecule has 2 aromatic heterocycles. The zero-order valence-electron chi connectivity index (χ0n) is 15.8. The molecule has 0 spiro atoms. The molecular formula is C20H18F2N4O4. The summed E-state index contributed by atoms with van der Waals surface area (Å²) in [5.41, 5.74) is -0.828. The topological polar surface area (TPSA) is 96.7 Å². The normalized spacial score (nSPS) is 14.1. The van der Waals surface area contributed by atoms with E-state index in [0.717, 1.165) is 6.07 Å². The van der Waals surface area contributed by atoms with Gasteiger partial charge in [0.25, 0.3) is 11.5 Å². The number of carbonyl (C=O) groups excluding carboxylic acids is 1. The molecule has 1 aromatic carbocycles. The molecule has 0 unspecified atom stereocenters. The van der Waals surface area contributed by atoms with Gasteiger partial charge in [0.1, 0.15) is 17.2 Å². The molecule has 1 amide bonds. The minimum absolute atomic E-state index is 0.0186. The van der Waals surface area contributed by atoms with Gasteiger partial charge in [0.05, 0.1) is 18.9 Å². The number of aromatic nitrogens is 2. The number of rotatable bonds is 4. The van der Waals surface area contributed by atoms with Crippen LogP contribution in [0.2, 0.25) is 0 Å². The van der Waals surface area contributed by atoms with Crippen LogP contribution in [-0.2, 0) is 11.3 Å². The lowest BCUT2D eigenvalue weighted by Gasteiger charge is -2.31. The summed E-state index contributed by atoms with van der Waals surface area (Å²) in [6.07, 6.45) is 1.43. The van der Waals surface area contributed by atoms with Gasteiger partial charge in [0, 0.05) is 42.8 Å². The standard InChI is InChI=1S/C20H18F2N4O4/c21-13-4-3-12(15(22)10-13)11-24-19(27)16-17(25-6-8-30-9-7-25)14-2-1-5-23-18(14)26(29)20(16)28/h1-5,10,29H,6-9,11H2,(H,24,27). The number of anilines is 1. The number of pyridine rings is 2. The molecule has 30 heavy (non-hydrogen) atoms. The van der Waals surface area contributed by atoms with Crippen molar-refractivity contribution in [1.82, 2.24) is 15.0 Å². The molecule has 8 nitrogen and oxygen atoms in total. The van der Waals surface area contributed by atoms with Crippen molar-refractivity contribution in [1.29, 1.82) is 0 Å². The maximum Gasteiger partial charge on any atom is 0.299 e. The number of carbonyl (C=O) groups is 1. The van der Waals surface area contributed by atoms with Crippen molar-refractivity contribution in [2.45, 2.75) is 6.54 Å². The average molecular weight is 416 g/mol. The lowest BCUT2D eigenvalue weighted by Crippen LogP contribution is -2.41. The first kappa shape index (κ1) is 19.8. The fraction of sp³-hybridized carbons (Fsp3) is 0.250. The second kappa shape index (κ2) is 8.07. The van der Waals surface area contributed by atoms with Crippen LogP contribution in [0.15, 0.2) is 41.3 Å². The summed E-state index contributed by atoms with van der Waals surface area (Å²) in [4.78, 5) is 31.7. The van der Waals surface area contributed by atoms with E-state index in [1.807, 2.05) is 4.90 Å². The minimum atomic E-state index is -0.945. The van der Waals surface area contributed by atoms with Gasteiger partial charge in [-0.2, -0.15) is 0 Å². The monoisotopic (exact) mass is 416 g/mol. The van der Waals surface area contributed by atoms with Crippen molar-refractivity contribution >= 4 is 22.6 Å². The Morgan fingerprint density at radius 3 is 2.73 bits per heavy atom. The van der Waals surface area contributed by atoms with Crippen molar-refractivity contribution in [2.24, 2.45) is 0 Å². The molecule has 1 aliphatic heterocycles. The number of benzene rings is 1. The first-order chi connectivity index (χ1) is 14.5. The quantitative estimate of drug-likeness (QED) is 0.629. The molecule has 4 rings (SSSR count). The summed E-state index contributed by atoms with van der Waals surface area (Å²) in [6, 6.07) is 6.28. The summed E-state index contributed by atoms with van der Waals surface area (Å²) in [5, 5.41) is 13.2. The van der Waals surface area contributed by atoms with E-state index in [1.165, 1.54) is 12.3 Å². The molecule has 10 heteroatoms. The Bertz CT molecular complexity index is 1180. The number of morpholine rings is 1. The van der Waals surface area contributed by atoms with Gasteiger partial charge < -0.3 is 20.2 Å². The van der Waals surface area contributed by atoms with Crippen molar-refractivity contribution < 1.29 is 23.5 Å². The van der Waals surface area contributed by atoms with Crippen LogP contribution in [0.4, 0.5) is 14.5 Å². The Morgan fingerprint density at radius 1 is 1.23 bits per heavy atom. The van der Waals surface area contributed by atoms with Gasteiger partial charge in [-0.25, -0.2) is 13.8 Å². The Balaban J connectivity index is 1.77. The van der Waals surface area contributed by atoms with Crippen LogP contribution in [0.3, 0.4) is 0 Å². The van der Waals surface area contributed by atoms with Gasteiger partial charge in [-0.1, -0.05) is 6.07 Å². The number of nitrogens with one attached hydrogen (secondary N) is 1. The third kappa shape index (κ3) is 3.57. The van der Waals surface area contributed by atoms with Gasteiger partial charge in [-0.3, -0.25) is 9.59 Å². The summed E-state index contributed by atoms with van der Waals surface area (Å²) in [7, 11) is 0. The number of halogens is 2. The molecule has 0 radical (unpaired) electrons. The SMILES string of the molecule is O=C(NCc1ccc(F)cc1F)c1c(N2CCOCC2)c2cccnc2n(O)c1=O. The average Bonchev–Trinajstić information content (AvgIpc) is 2.76. The van der Waals surface area contributed by atoms with E-state index in [1.54, 1.807) is 12.1 Å². The van der Waals surface area contributed by atoms with Crippen molar-refractivity contribution in [3.05, 3.63) is 69.6 Å². The first-order valence-electron chi connectivity index (χ1n) is 9.25. The zero-order chi connectivity index (χ0) is 21.3. The molecule has 0 aliphatic carbocycles. The smallest absolute Gasteiger partial charge is 0.299 e. The predicted molar refractivity (Wildman–Crippen MR) is 104 cm³/mol. The van der Waals surface area contributed by atoms with E-state index in [9.17, 15) is 23.6 Å². The van der Waals surface area contributed by atoms with Crippen LogP contribution in [0.1, 0.15) is 15.9 Å². The van der Waals surface area contributed by atoms with Crippen molar-refractivity contribution in [2.75, 3.05) is 31.2 Å². The van der Waals surface area contributed by atoms with E-state index >= 15 is 0 Å². The van der Waals surface area contributed by atoms with Crippen LogP contribution >= 0.6 is 0 Å². The van der Waals surface area contributed by atoms with Crippen LogP contribution < -0.4 is 15.8 Å². The van der Waals surface area contributed by atoms with E-state index < -0.39 is 23.1 Å². The maximum absolute atomic E-state index is 13.9. The van der Waals surface area contributed by atoms with E-state index in [2.05, 4.69) is 10.3 Å². The third-order valence-electron chi connectivity index (χ3n) is 4.89. The van der Waals surface area contributed by atoms with E-state index in [-0.39, 0.29) is 23.3 Å². The summed E-state index contributed by atoms with van der Waals surface area (Å²) in [6.45, 7) is 1.43. The van der Waals surface area contributed by atoms with Crippen molar-refractivity contribution in [3.63, 3.8) is 0 Å². The zero-order valence-corrected chi connectivity index (χ0v) is 15.8. The highest BCUT2D eigenvalue weighted by atomic mass is 19.1. The molecule has 1 aliphatic rings. The minimum Gasteiger partial charge on any atom is -0.423 e. The number of hydrogen-bond donors (Lipinski definition) is 2. The number of ether oxygens (including phenoxy) is 1. The van der Waals surface area contributed by atoms with Crippen LogP contribution in [0.5, 0.6) is 0 Å². The number of amides is 1. The van der Waals surface area contributed by atoms with Crippen molar-refractivity contribution in [3.8, 4) is 0 Å². The van der Waals surface area contributed by atoms with Crippen LogP contribution in [0.25, 0.3) is 11.0 Å². The highest BCUT2D eigenvalue weighted by Gasteiger charge is 2.27. The molecular weight excluding hydrogens is 398 g/mol. The lowest BCUT2D eigenvalue weighted by atomic mass is 10.1. The van der Waals surface area contributed by atoms with Gasteiger partial charge in [0.2, 0.25) is 0 Å². The molecule has 156 valence electrons. The Morgan fingerprint density at radius 2 is 2.00 bits per heavy atom. The van der Waals surface area contributed by atoms with E-state index in [0.29, 0.717) is 48.2 Å². The molecule has 0 atom stereocenters. The molecule has 1 fully saturated rings. The molecule has 2 N–H and O–H groups in total. The Hall–Kier alpha value is -3.53. The second-order valence-corrected chi connectivity index (χ2v) is 6.73. The summed E-state index contributed by atoms with van der Waals surface area (Å²) >= 11 is 0. The van der Waals surface area contributed by atoms with E-state index in [4.69, 9.17) is 4.74 Å². The van der Waals surface area contributed by atoms with Crippen LogP contribution in [-0.4, -0.2) is 47.1 Å². The second-order valence-electron chi connectivity index (χ2n) is 6.73. The summed E-state index contributed by atoms with van der Waals surface area (Å²) in [5.74, 6) is -2.34. The van der Waals surface area contributed by atoms with Gasteiger partial charge >= 0.3 is 0 Å². The van der Waals surface area contributed by atoms with Gasteiger partial charge in [-0.15, -0.1) is 4.73 Å². The lowest BCUT2D eigenvalue weighted by molar-refractivity contribution is 0.0941. The predicted octanol–water partition coefficient (Wildman–Crippen LogP) is 1.68. The largest absolute Gasteiger partial charge is 0.423 e. The molecule has 3 aromatic rings. The van der Waals surface area contributed by atoms with Gasteiger partial charge in [0.15, 0.2) is 5.65 Å². The highest BCUT2D eigenvalue weighted by Crippen LogP contribution is 2.28. The molecule has 1 saturated heterocycles. The fourth-order valence-electron chi connectivity index (χ4n) is 3.44. The fourth-order valence-corrected chi connectivity index (χ4v) is 3.44. The molecule has 3 heterocycles. The van der Waals surface area contributed by atoms with Crippen LogP contribution in [0, 0.1) is 11.6 Å². The Labute approximate surface area is 169 Å². The van der Waals surface area contributed by atoms with Gasteiger partial charge in [-0.05, 0) is 18.2 Å². The Kier molecular flexibility index (Phi) is 5.32. The highest BCUT2D eigenvalue weighted by molar-refractivity contribution is 6.06.